The topological polar surface area (TPSA) is 50.9 Å². The van der Waals surface area contributed by atoms with Gasteiger partial charge in [0.2, 0.25) is 0 Å². The summed E-state index contributed by atoms with van der Waals surface area (Å²) in [5, 5.41) is 1.05. The normalized spacial score (nSPS) is 14.4. The van der Waals surface area contributed by atoms with Gasteiger partial charge in [-0.3, -0.25) is 9.69 Å². The van der Waals surface area contributed by atoms with E-state index in [1.807, 2.05) is 41.3 Å². The molecule has 1 fully saturated rings. The number of carbonyl (C=O) groups is 1. The molecule has 4 aromatic rings. The highest BCUT2D eigenvalue weighted by Crippen LogP contribution is 2.28. The van der Waals surface area contributed by atoms with E-state index >= 15 is 0 Å². The third-order valence-corrected chi connectivity index (χ3v) is 7.34. The van der Waals surface area contributed by atoms with Crippen molar-refractivity contribution in [3.8, 4) is 0 Å². The van der Waals surface area contributed by atoms with Gasteiger partial charge in [0, 0.05) is 54.9 Å². The van der Waals surface area contributed by atoms with Crippen LogP contribution in [0.2, 0.25) is 0 Å². The molecule has 1 amide bonds. The fourth-order valence-electron chi connectivity index (χ4n) is 5.14. The Morgan fingerprint density at radius 2 is 1.89 bits per heavy atom. The first-order chi connectivity index (χ1) is 18.0. The van der Waals surface area contributed by atoms with E-state index in [2.05, 4.69) is 23.3 Å². The molecule has 0 spiro atoms. The van der Waals surface area contributed by atoms with E-state index in [0.29, 0.717) is 25.2 Å². The lowest BCUT2D eigenvalue weighted by Crippen LogP contribution is -2.39. The van der Waals surface area contributed by atoms with Crippen LogP contribution < -0.4 is 0 Å². The second-order valence-electron chi connectivity index (χ2n) is 9.77. The van der Waals surface area contributed by atoms with Crippen LogP contribution in [0.3, 0.4) is 0 Å². The molecule has 0 N–H and O–H groups in total. The van der Waals surface area contributed by atoms with Gasteiger partial charge in [-0.15, -0.1) is 0 Å². The number of aromatic nitrogens is 1. The number of rotatable bonds is 9. The quantitative estimate of drug-likeness (QED) is 0.307. The lowest BCUT2D eigenvalue weighted by molar-refractivity contribution is 0.0354. The first kappa shape index (κ1) is 25.2. The van der Waals surface area contributed by atoms with E-state index in [0.717, 1.165) is 72.8 Å². The Labute approximate surface area is 217 Å². The van der Waals surface area contributed by atoms with Crippen molar-refractivity contribution in [2.45, 2.75) is 33.4 Å². The van der Waals surface area contributed by atoms with Gasteiger partial charge in [-0.2, -0.15) is 0 Å². The summed E-state index contributed by atoms with van der Waals surface area (Å²) in [6.07, 6.45) is 2.53. The van der Waals surface area contributed by atoms with Crippen molar-refractivity contribution in [3.63, 3.8) is 0 Å². The predicted octanol–water partition coefficient (Wildman–Crippen LogP) is 5.40. The standard InChI is InChI=1S/C30H34FN3O3/c1-22-23(2)34(20-24-6-3-7-26(31)18-24)29-10-9-25(19-28(22)29)30(35)33(21-27-8-4-15-37-27)12-5-11-32-13-16-36-17-14-32/h3-4,6-10,15,18-19H,5,11-14,16-17,20-21H2,1-2H3. The number of halogens is 1. The summed E-state index contributed by atoms with van der Waals surface area (Å²) in [6, 6.07) is 16.4. The molecule has 1 aliphatic rings. The molecule has 3 heterocycles. The van der Waals surface area contributed by atoms with Crippen molar-refractivity contribution in [3.05, 3.63) is 94.8 Å². The van der Waals surface area contributed by atoms with Crippen LogP contribution in [0.1, 0.15) is 39.4 Å². The van der Waals surface area contributed by atoms with Gasteiger partial charge in [0.15, 0.2) is 0 Å². The molecule has 1 aliphatic heterocycles. The fraction of sp³-hybridized carbons (Fsp3) is 0.367. The summed E-state index contributed by atoms with van der Waals surface area (Å²) in [5.74, 6) is 0.533. The fourth-order valence-corrected chi connectivity index (χ4v) is 5.14. The van der Waals surface area contributed by atoms with Crippen LogP contribution in [0.5, 0.6) is 0 Å². The van der Waals surface area contributed by atoms with Gasteiger partial charge in [0.1, 0.15) is 11.6 Å². The molecule has 5 rings (SSSR count). The van der Waals surface area contributed by atoms with E-state index < -0.39 is 0 Å². The van der Waals surface area contributed by atoms with Gasteiger partial charge in [-0.05, 0) is 73.9 Å². The average molecular weight is 504 g/mol. The van der Waals surface area contributed by atoms with Crippen LogP contribution in [0.4, 0.5) is 4.39 Å². The maximum Gasteiger partial charge on any atom is 0.254 e. The highest BCUT2D eigenvalue weighted by molar-refractivity contribution is 5.99. The van der Waals surface area contributed by atoms with Crippen LogP contribution in [0, 0.1) is 19.7 Å². The molecule has 194 valence electrons. The highest BCUT2D eigenvalue weighted by Gasteiger charge is 2.20. The zero-order valence-electron chi connectivity index (χ0n) is 21.6. The minimum atomic E-state index is -0.235. The minimum absolute atomic E-state index is 0.00443. The summed E-state index contributed by atoms with van der Waals surface area (Å²) in [6.45, 7) is 10.2. The first-order valence-electron chi connectivity index (χ1n) is 13.0. The molecule has 0 saturated carbocycles. The number of ether oxygens (including phenoxy) is 1. The highest BCUT2D eigenvalue weighted by atomic mass is 19.1. The van der Waals surface area contributed by atoms with E-state index in [1.165, 1.54) is 6.07 Å². The molecule has 0 aliphatic carbocycles. The summed E-state index contributed by atoms with van der Waals surface area (Å²) in [5.41, 5.74) is 4.86. The Morgan fingerprint density at radius 3 is 2.65 bits per heavy atom. The Morgan fingerprint density at radius 1 is 1.05 bits per heavy atom. The maximum absolute atomic E-state index is 13.8. The SMILES string of the molecule is Cc1c(C)n(Cc2cccc(F)c2)c2ccc(C(=O)N(CCCN3CCOCC3)Cc3ccco3)cc12. The zero-order valence-corrected chi connectivity index (χ0v) is 21.6. The van der Waals surface area contributed by atoms with Gasteiger partial charge in [-0.25, -0.2) is 4.39 Å². The molecule has 0 unspecified atom stereocenters. The number of fused-ring (bicyclic) bond motifs is 1. The first-order valence-corrected chi connectivity index (χ1v) is 13.0. The maximum atomic E-state index is 13.8. The van der Waals surface area contributed by atoms with Crippen LogP contribution in [-0.4, -0.2) is 59.7 Å². The Hall–Kier alpha value is -3.42. The van der Waals surface area contributed by atoms with Gasteiger partial charge >= 0.3 is 0 Å². The van der Waals surface area contributed by atoms with Gasteiger partial charge < -0.3 is 18.6 Å². The van der Waals surface area contributed by atoms with Crippen molar-refractivity contribution < 1.29 is 18.3 Å². The third-order valence-electron chi connectivity index (χ3n) is 7.34. The van der Waals surface area contributed by atoms with Crippen molar-refractivity contribution in [1.82, 2.24) is 14.4 Å². The number of hydrogen-bond acceptors (Lipinski definition) is 4. The second-order valence-corrected chi connectivity index (χ2v) is 9.77. The molecule has 0 radical (unpaired) electrons. The molecule has 0 atom stereocenters. The van der Waals surface area contributed by atoms with E-state index in [4.69, 9.17) is 9.15 Å². The zero-order chi connectivity index (χ0) is 25.8. The molecule has 7 heteroatoms. The monoisotopic (exact) mass is 503 g/mol. The summed E-state index contributed by atoms with van der Waals surface area (Å²) < 4.78 is 27.0. The van der Waals surface area contributed by atoms with E-state index in [9.17, 15) is 9.18 Å². The second kappa shape index (κ2) is 11.3. The molecule has 1 saturated heterocycles. The number of benzene rings is 2. The molecule has 2 aromatic heterocycles. The minimum Gasteiger partial charge on any atom is -0.467 e. The lowest BCUT2D eigenvalue weighted by atomic mass is 10.1. The summed E-state index contributed by atoms with van der Waals surface area (Å²) in [4.78, 5) is 18.0. The van der Waals surface area contributed by atoms with Crippen LogP contribution in [-0.2, 0) is 17.8 Å². The van der Waals surface area contributed by atoms with Crippen molar-refractivity contribution in [2.24, 2.45) is 0 Å². The Balaban J connectivity index is 1.37. The Bertz CT molecular complexity index is 1360. The van der Waals surface area contributed by atoms with Crippen molar-refractivity contribution in [2.75, 3.05) is 39.4 Å². The third kappa shape index (κ3) is 5.78. The average Bonchev–Trinajstić information content (AvgIpc) is 3.51. The van der Waals surface area contributed by atoms with Crippen LogP contribution in [0.25, 0.3) is 10.9 Å². The van der Waals surface area contributed by atoms with Gasteiger partial charge in [-0.1, -0.05) is 12.1 Å². The number of hydrogen-bond donors (Lipinski definition) is 0. The van der Waals surface area contributed by atoms with Gasteiger partial charge in [0.05, 0.1) is 26.0 Å². The molecular weight excluding hydrogens is 469 g/mol. The smallest absolute Gasteiger partial charge is 0.254 e. The number of morpholine rings is 1. The molecule has 6 nitrogen and oxygen atoms in total. The van der Waals surface area contributed by atoms with Crippen LogP contribution in [0.15, 0.2) is 65.3 Å². The summed E-state index contributed by atoms with van der Waals surface area (Å²) in [7, 11) is 0. The van der Waals surface area contributed by atoms with Crippen LogP contribution >= 0.6 is 0 Å². The number of nitrogens with zero attached hydrogens (tertiary/aromatic N) is 3. The molecule has 2 aromatic carbocycles. The number of amides is 1. The largest absolute Gasteiger partial charge is 0.467 e. The molecular formula is C30H34FN3O3. The summed E-state index contributed by atoms with van der Waals surface area (Å²) >= 11 is 0. The molecule has 0 bridgehead atoms. The molecule has 37 heavy (non-hydrogen) atoms. The number of carbonyl (C=O) groups excluding carboxylic acids is 1. The predicted molar refractivity (Wildman–Crippen MR) is 142 cm³/mol. The van der Waals surface area contributed by atoms with E-state index in [1.54, 1.807) is 18.4 Å². The van der Waals surface area contributed by atoms with Crippen molar-refractivity contribution >= 4 is 16.8 Å². The van der Waals surface area contributed by atoms with Gasteiger partial charge in [0.25, 0.3) is 5.91 Å². The number of aryl methyl sites for hydroxylation is 1. The lowest BCUT2D eigenvalue weighted by Gasteiger charge is -2.28. The Kier molecular flexibility index (Phi) is 7.72. The van der Waals surface area contributed by atoms with Crippen molar-refractivity contribution in [1.29, 1.82) is 0 Å². The number of furan rings is 1. The van der Waals surface area contributed by atoms with E-state index in [-0.39, 0.29) is 11.7 Å².